The zero-order valence-electron chi connectivity index (χ0n) is 10.4. The van der Waals surface area contributed by atoms with Gasteiger partial charge in [-0.25, -0.2) is 10.8 Å². The van der Waals surface area contributed by atoms with Crippen LogP contribution in [0.15, 0.2) is 4.99 Å². The second kappa shape index (κ2) is 7.48. The molecule has 1 unspecified atom stereocenters. The molecule has 4 N–H and O–H groups in total. The van der Waals surface area contributed by atoms with Crippen LogP contribution in [0.25, 0.3) is 0 Å². The van der Waals surface area contributed by atoms with Gasteiger partial charge < -0.3 is 10.1 Å². The number of hydrogen-bond acceptors (Lipinski definition) is 3. The van der Waals surface area contributed by atoms with Crippen LogP contribution < -0.4 is 16.6 Å². The van der Waals surface area contributed by atoms with Crippen molar-refractivity contribution in [2.45, 2.75) is 39.8 Å². The lowest BCUT2D eigenvalue weighted by atomic mass is 10.1. The Kier molecular flexibility index (Phi) is 7.07. The average molecular weight is 216 g/mol. The molecule has 0 saturated carbocycles. The fourth-order valence-electron chi connectivity index (χ4n) is 1.11. The van der Waals surface area contributed by atoms with Crippen molar-refractivity contribution < 1.29 is 4.74 Å². The van der Waals surface area contributed by atoms with Crippen molar-refractivity contribution >= 4 is 5.96 Å². The van der Waals surface area contributed by atoms with Gasteiger partial charge in [-0.2, -0.15) is 0 Å². The lowest BCUT2D eigenvalue weighted by Crippen LogP contribution is -2.45. The summed E-state index contributed by atoms with van der Waals surface area (Å²) in [5.74, 6) is 6.41. The van der Waals surface area contributed by atoms with Gasteiger partial charge in [0.2, 0.25) is 5.96 Å². The van der Waals surface area contributed by atoms with E-state index in [1.54, 1.807) is 7.11 Å². The summed E-state index contributed by atoms with van der Waals surface area (Å²) < 4.78 is 5.11. The van der Waals surface area contributed by atoms with Crippen LogP contribution in [0.2, 0.25) is 0 Å². The van der Waals surface area contributed by atoms with E-state index in [9.17, 15) is 0 Å². The van der Waals surface area contributed by atoms with E-state index in [1.807, 2.05) is 13.8 Å². The number of guanidine groups is 1. The van der Waals surface area contributed by atoms with Gasteiger partial charge in [-0.3, -0.25) is 5.43 Å². The molecule has 0 saturated heterocycles. The van der Waals surface area contributed by atoms with Gasteiger partial charge in [0, 0.05) is 13.2 Å². The third kappa shape index (κ3) is 6.30. The molecule has 0 aromatic rings. The van der Waals surface area contributed by atoms with Crippen molar-refractivity contribution in [2.24, 2.45) is 16.8 Å². The first kappa shape index (κ1) is 14.2. The summed E-state index contributed by atoms with van der Waals surface area (Å²) in [7, 11) is 1.68. The molecular weight excluding hydrogens is 192 g/mol. The van der Waals surface area contributed by atoms with Crippen LogP contribution in [-0.4, -0.2) is 31.8 Å². The Bertz CT molecular complexity index is 192. The molecule has 0 rings (SSSR count). The number of nitrogens with one attached hydrogen (secondary N) is 2. The monoisotopic (exact) mass is 216 g/mol. The first-order valence-corrected chi connectivity index (χ1v) is 5.31. The number of methoxy groups -OCH3 is 1. The molecule has 0 radical (unpaired) electrons. The number of aliphatic imine (C=N–C) groups is 1. The third-order valence-electron chi connectivity index (χ3n) is 1.96. The van der Waals surface area contributed by atoms with Crippen molar-refractivity contribution in [2.75, 3.05) is 13.7 Å². The Hall–Kier alpha value is -0.810. The highest BCUT2D eigenvalue weighted by atomic mass is 16.5. The molecule has 0 aromatic heterocycles. The van der Waals surface area contributed by atoms with Crippen molar-refractivity contribution in [3.63, 3.8) is 0 Å². The molecule has 0 spiro atoms. The summed E-state index contributed by atoms with van der Waals surface area (Å²) in [4.78, 5) is 4.47. The van der Waals surface area contributed by atoms with Gasteiger partial charge in [0.25, 0.3) is 0 Å². The van der Waals surface area contributed by atoms with Crippen LogP contribution in [0.5, 0.6) is 0 Å². The van der Waals surface area contributed by atoms with E-state index in [-0.39, 0.29) is 6.04 Å². The van der Waals surface area contributed by atoms with Gasteiger partial charge >= 0.3 is 0 Å². The van der Waals surface area contributed by atoms with Gasteiger partial charge in [-0.05, 0) is 19.8 Å². The van der Waals surface area contributed by atoms with E-state index in [4.69, 9.17) is 10.6 Å². The van der Waals surface area contributed by atoms with Gasteiger partial charge in [-0.1, -0.05) is 13.8 Å². The third-order valence-corrected chi connectivity index (χ3v) is 1.96. The number of rotatable bonds is 5. The highest BCUT2D eigenvalue weighted by Gasteiger charge is 2.13. The zero-order chi connectivity index (χ0) is 11.8. The Morgan fingerprint density at radius 2 is 1.93 bits per heavy atom. The molecule has 5 nitrogen and oxygen atoms in total. The summed E-state index contributed by atoms with van der Waals surface area (Å²) in [6.45, 7) is 8.89. The highest BCUT2D eigenvalue weighted by Crippen LogP contribution is 2.06. The topological polar surface area (TPSA) is 71.7 Å². The molecule has 0 amide bonds. The molecule has 90 valence electrons. The summed E-state index contributed by atoms with van der Waals surface area (Å²) in [6, 6.07) is 0.419. The van der Waals surface area contributed by atoms with E-state index in [2.05, 4.69) is 29.6 Å². The Labute approximate surface area is 92.4 Å². The van der Waals surface area contributed by atoms with Gasteiger partial charge in [0.1, 0.15) is 0 Å². The first-order chi connectivity index (χ1) is 7.01. The van der Waals surface area contributed by atoms with Crippen molar-refractivity contribution in [3.05, 3.63) is 0 Å². The number of ether oxygens (including phenoxy) is 1. The molecule has 0 bridgehead atoms. The standard InChI is InChI=1S/C10H24N4O/c1-7(2)9(6-15-5)13-10(14-11)12-8(3)4/h7-9H,6,11H2,1-5H3,(H2,12,13,14). The summed E-state index contributed by atoms with van der Waals surface area (Å²) in [6.07, 6.45) is 0. The number of nitrogens with two attached hydrogens (primary N) is 1. The zero-order valence-corrected chi connectivity index (χ0v) is 10.4. The fourth-order valence-corrected chi connectivity index (χ4v) is 1.11. The molecule has 0 fully saturated rings. The van der Waals surface area contributed by atoms with E-state index >= 15 is 0 Å². The minimum absolute atomic E-state index is 0.118. The molecule has 0 aliphatic heterocycles. The maximum absolute atomic E-state index is 5.38. The summed E-state index contributed by atoms with van der Waals surface area (Å²) in [5.41, 5.74) is 2.56. The molecule has 15 heavy (non-hydrogen) atoms. The van der Waals surface area contributed by atoms with Crippen LogP contribution in [-0.2, 0) is 4.74 Å². The van der Waals surface area contributed by atoms with Gasteiger partial charge in [-0.15, -0.1) is 0 Å². The second-order valence-electron chi connectivity index (χ2n) is 4.19. The summed E-state index contributed by atoms with van der Waals surface area (Å²) >= 11 is 0. The molecule has 1 atom stereocenters. The van der Waals surface area contributed by atoms with Gasteiger partial charge in [0.05, 0.1) is 12.6 Å². The van der Waals surface area contributed by atoms with Crippen LogP contribution in [0.1, 0.15) is 27.7 Å². The Morgan fingerprint density at radius 1 is 1.33 bits per heavy atom. The van der Waals surface area contributed by atoms with Crippen LogP contribution in [0, 0.1) is 5.92 Å². The van der Waals surface area contributed by atoms with E-state index in [1.165, 1.54) is 0 Å². The molecule has 0 aliphatic carbocycles. The van der Waals surface area contributed by atoms with Crippen LogP contribution in [0.4, 0.5) is 0 Å². The predicted molar refractivity (Wildman–Crippen MR) is 63.5 cm³/mol. The second-order valence-corrected chi connectivity index (χ2v) is 4.19. The minimum atomic E-state index is 0.118. The van der Waals surface area contributed by atoms with Crippen LogP contribution in [0.3, 0.4) is 0 Å². The van der Waals surface area contributed by atoms with Crippen molar-refractivity contribution in [3.8, 4) is 0 Å². The summed E-state index contributed by atoms with van der Waals surface area (Å²) in [5, 5.41) is 3.13. The number of hydrazine groups is 1. The largest absolute Gasteiger partial charge is 0.382 e. The molecular formula is C10H24N4O. The maximum atomic E-state index is 5.38. The lowest BCUT2D eigenvalue weighted by Gasteiger charge is -2.19. The van der Waals surface area contributed by atoms with Crippen LogP contribution >= 0.6 is 0 Å². The maximum Gasteiger partial charge on any atom is 0.206 e. The molecule has 0 aromatic carbocycles. The first-order valence-electron chi connectivity index (χ1n) is 5.31. The number of nitrogens with zero attached hydrogens (tertiary/aromatic N) is 1. The molecule has 0 heterocycles. The van der Waals surface area contributed by atoms with Crippen molar-refractivity contribution in [1.82, 2.24) is 10.7 Å². The molecule has 0 aliphatic rings. The van der Waals surface area contributed by atoms with E-state index in [0.29, 0.717) is 24.5 Å². The van der Waals surface area contributed by atoms with E-state index in [0.717, 1.165) is 0 Å². The highest BCUT2D eigenvalue weighted by molar-refractivity contribution is 5.79. The normalized spacial score (nSPS) is 14.5. The fraction of sp³-hybridized carbons (Fsp3) is 0.900. The Balaban J connectivity index is 4.45. The lowest BCUT2D eigenvalue weighted by molar-refractivity contribution is 0.164. The van der Waals surface area contributed by atoms with E-state index < -0.39 is 0 Å². The molecule has 5 heteroatoms. The smallest absolute Gasteiger partial charge is 0.206 e. The minimum Gasteiger partial charge on any atom is -0.382 e. The SMILES string of the molecule is COCC(N=C(NN)NC(C)C)C(C)C. The van der Waals surface area contributed by atoms with Crippen molar-refractivity contribution in [1.29, 1.82) is 0 Å². The van der Waals surface area contributed by atoms with Gasteiger partial charge in [0.15, 0.2) is 0 Å². The Morgan fingerprint density at radius 3 is 2.27 bits per heavy atom. The average Bonchev–Trinajstić information content (AvgIpc) is 2.14. The number of hydrogen-bond donors (Lipinski definition) is 3. The quantitative estimate of drug-likeness (QED) is 0.270. The predicted octanol–water partition coefficient (Wildman–Crippen LogP) is 0.475.